The molecule has 2 heteroatoms. The van der Waals surface area contributed by atoms with Crippen LogP contribution in [0.1, 0.15) is 19.8 Å². The molecule has 0 amide bonds. The third kappa shape index (κ3) is 1.20. The monoisotopic (exact) mass is 114 g/mol. The van der Waals surface area contributed by atoms with Crippen LogP contribution in [0.15, 0.2) is 0 Å². The van der Waals surface area contributed by atoms with Crippen LogP contribution in [-0.2, 0) is 0 Å². The molecule has 2 atom stereocenters. The molecule has 1 unspecified atom stereocenters. The van der Waals surface area contributed by atoms with Gasteiger partial charge in [-0.3, -0.25) is 0 Å². The fourth-order valence-electron chi connectivity index (χ4n) is 1.16. The van der Waals surface area contributed by atoms with Gasteiger partial charge in [-0.15, -0.1) is 0 Å². The molecule has 0 spiro atoms. The lowest BCUT2D eigenvalue weighted by Gasteiger charge is -2.12. The molecule has 1 heterocycles. The molecular formula is C6H14N2. The maximum Gasteiger partial charge on any atom is 0.0216 e. The number of hydrogen-bond donors (Lipinski definition) is 2. The minimum Gasteiger partial charge on any atom is -0.327 e. The van der Waals surface area contributed by atoms with Crippen LogP contribution in [0.25, 0.3) is 0 Å². The second kappa shape index (κ2) is 2.46. The Morgan fingerprint density at radius 2 is 2.50 bits per heavy atom. The molecule has 0 bridgehead atoms. The minimum atomic E-state index is 0.331. The quantitative estimate of drug-likeness (QED) is 0.507. The SMILES string of the molecule is CC(N)[C@H]1CCCN1. The van der Waals surface area contributed by atoms with E-state index in [1.807, 2.05) is 0 Å². The van der Waals surface area contributed by atoms with Crippen molar-refractivity contribution in [3.8, 4) is 0 Å². The molecule has 0 aromatic carbocycles. The first-order valence-electron chi connectivity index (χ1n) is 3.29. The highest BCUT2D eigenvalue weighted by atomic mass is 15.0. The van der Waals surface area contributed by atoms with Crippen LogP contribution in [0.4, 0.5) is 0 Å². The summed E-state index contributed by atoms with van der Waals surface area (Å²) in [5, 5.41) is 3.33. The summed E-state index contributed by atoms with van der Waals surface area (Å²) in [6.45, 7) is 3.22. The van der Waals surface area contributed by atoms with Gasteiger partial charge in [0.25, 0.3) is 0 Å². The third-order valence-corrected chi connectivity index (χ3v) is 1.73. The lowest BCUT2D eigenvalue weighted by Crippen LogP contribution is -2.38. The first-order valence-corrected chi connectivity index (χ1v) is 3.29. The van der Waals surface area contributed by atoms with E-state index in [0.29, 0.717) is 12.1 Å². The Morgan fingerprint density at radius 1 is 1.75 bits per heavy atom. The Hall–Kier alpha value is -0.0800. The molecule has 8 heavy (non-hydrogen) atoms. The van der Waals surface area contributed by atoms with E-state index in [-0.39, 0.29) is 0 Å². The standard InChI is InChI=1S/C6H14N2/c1-5(7)6-3-2-4-8-6/h5-6,8H,2-4,7H2,1H3/t5?,6-/m1/s1. The van der Waals surface area contributed by atoms with E-state index < -0.39 is 0 Å². The molecule has 1 fully saturated rings. The van der Waals surface area contributed by atoms with E-state index in [4.69, 9.17) is 5.73 Å². The molecule has 1 aliphatic rings. The Bertz CT molecular complexity index is 64.9. The zero-order chi connectivity index (χ0) is 5.98. The van der Waals surface area contributed by atoms with Crippen LogP contribution in [0, 0.1) is 0 Å². The third-order valence-electron chi connectivity index (χ3n) is 1.73. The molecule has 0 aromatic rings. The van der Waals surface area contributed by atoms with Gasteiger partial charge in [0, 0.05) is 12.1 Å². The molecule has 1 saturated heterocycles. The second-order valence-electron chi connectivity index (χ2n) is 2.56. The Kier molecular flexibility index (Phi) is 1.86. The first-order chi connectivity index (χ1) is 3.80. The normalized spacial score (nSPS) is 33.0. The van der Waals surface area contributed by atoms with Gasteiger partial charge < -0.3 is 11.1 Å². The van der Waals surface area contributed by atoms with Gasteiger partial charge in [-0.1, -0.05) is 0 Å². The molecular weight excluding hydrogens is 100 g/mol. The summed E-state index contributed by atoms with van der Waals surface area (Å²) in [5.41, 5.74) is 5.64. The fraction of sp³-hybridized carbons (Fsp3) is 1.00. The van der Waals surface area contributed by atoms with Crippen molar-refractivity contribution in [3.05, 3.63) is 0 Å². The van der Waals surface area contributed by atoms with Crippen molar-refractivity contribution in [3.63, 3.8) is 0 Å². The molecule has 0 aliphatic carbocycles. The largest absolute Gasteiger partial charge is 0.327 e. The van der Waals surface area contributed by atoms with E-state index >= 15 is 0 Å². The Labute approximate surface area is 50.4 Å². The predicted octanol–water partition coefficient (Wildman–Crippen LogP) is 0.0856. The number of hydrogen-bond acceptors (Lipinski definition) is 2. The second-order valence-corrected chi connectivity index (χ2v) is 2.56. The summed E-state index contributed by atoms with van der Waals surface area (Å²) < 4.78 is 0. The van der Waals surface area contributed by atoms with Crippen molar-refractivity contribution in [1.29, 1.82) is 0 Å². The van der Waals surface area contributed by atoms with Gasteiger partial charge in [0.05, 0.1) is 0 Å². The molecule has 0 radical (unpaired) electrons. The van der Waals surface area contributed by atoms with Gasteiger partial charge >= 0.3 is 0 Å². The van der Waals surface area contributed by atoms with Crippen molar-refractivity contribution < 1.29 is 0 Å². The summed E-state index contributed by atoms with van der Waals surface area (Å²) in [6, 6.07) is 0.924. The number of nitrogens with one attached hydrogen (secondary N) is 1. The van der Waals surface area contributed by atoms with Gasteiger partial charge in [-0.2, -0.15) is 0 Å². The van der Waals surface area contributed by atoms with Crippen molar-refractivity contribution >= 4 is 0 Å². The highest BCUT2D eigenvalue weighted by Gasteiger charge is 2.16. The summed E-state index contributed by atoms with van der Waals surface area (Å²) in [7, 11) is 0. The Balaban J connectivity index is 2.24. The van der Waals surface area contributed by atoms with Gasteiger partial charge in [0.1, 0.15) is 0 Å². The van der Waals surface area contributed by atoms with Crippen molar-refractivity contribution in [1.82, 2.24) is 5.32 Å². The van der Waals surface area contributed by atoms with Crippen LogP contribution in [-0.4, -0.2) is 18.6 Å². The summed E-state index contributed by atoms with van der Waals surface area (Å²) in [6.07, 6.45) is 2.56. The maximum absolute atomic E-state index is 5.64. The maximum atomic E-state index is 5.64. The highest BCUT2D eigenvalue weighted by molar-refractivity contribution is 4.80. The zero-order valence-corrected chi connectivity index (χ0v) is 5.35. The van der Waals surface area contributed by atoms with E-state index in [1.54, 1.807) is 0 Å². The summed E-state index contributed by atoms with van der Waals surface area (Å²) in [4.78, 5) is 0. The van der Waals surface area contributed by atoms with E-state index in [9.17, 15) is 0 Å². The van der Waals surface area contributed by atoms with Crippen molar-refractivity contribution in [2.75, 3.05) is 6.54 Å². The number of nitrogens with two attached hydrogens (primary N) is 1. The van der Waals surface area contributed by atoms with Crippen LogP contribution in [0.2, 0.25) is 0 Å². The summed E-state index contributed by atoms with van der Waals surface area (Å²) in [5.74, 6) is 0. The molecule has 0 aromatic heterocycles. The molecule has 1 aliphatic heterocycles. The zero-order valence-electron chi connectivity index (χ0n) is 5.35. The van der Waals surface area contributed by atoms with Gasteiger partial charge in [-0.25, -0.2) is 0 Å². The lowest BCUT2D eigenvalue weighted by molar-refractivity contribution is 0.513. The molecule has 0 saturated carbocycles. The number of rotatable bonds is 1. The van der Waals surface area contributed by atoms with Gasteiger partial charge in [0.15, 0.2) is 0 Å². The van der Waals surface area contributed by atoms with Crippen LogP contribution < -0.4 is 11.1 Å². The van der Waals surface area contributed by atoms with Crippen LogP contribution in [0.3, 0.4) is 0 Å². The molecule has 2 nitrogen and oxygen atoms in total. The highest BCUT2D eigenvalue weighted by Crippen LogP contribution is 2.06. The predicted molar refractivity (Wildman–Crippen MR) is 34.7 cm³/mol. The van der Waals surface area contributed by atoms with E-state index in [1.165, 1.54) is 12.8 Å². The van der Waals surface area contributed by atoms with E-state index in [2.05, 4.69) is 12.2 Å². The molecule has 3 N–H and O–H groups in total. The van der Waals surface area contributed by atoms with Crippen LogP contribution >= 0.6 is 0 Å². The van der Waals surface area contributed by atoms with Crippen molar-refractivity contribution in [2.45, 2.75) is 31.8 Å². The average molecular weight is 114 g/mol. The summed E-state index contributed by atoms with van der Waals surface area (Å²) >= 11 is 0. The van der Waals surface area contributed by atoms with Gasteiger partial charge in [-0.05, 0) is 26.3 Å². The van der Waals surface area contributed by atoms with Crippen molar-refractivity contribution in [2.24, 2.45) is 5.73 Å². The minimum absolute atomic E-state index is 0.331. The fourth-order valence-corrected chi connectivity index (χ4v) is 1.16. The van der Waals surface area contributed by atoms with Crippen LogP contribution in [0.5, 0.6) is 0 Å². The Morgan fingerprint density at radius 3 is 2.75 bits per heavy atom. The van der Waals surface area contributed by atoms with E-state index in [0.717, 1.165) is 6.54 Å². The molecule has 48 valence electrons. The topological polar surface area (TPSA) is 38.0 Å². The average Bonchev–Trinajstić information content (AvgIpc) is 2.12. The smallest absolute Gasteiger partial charge is 0.0216 e. The lowest BCUT2D eigenvalue weighted by atomic mass is 10.1. The first kappa shape index (κ1) is 6.05. The molecule has 1 rings (SSSR count). The van der Waals surface area contributed by atoms with Gasteiger partial charge in [0.2, 0.25) is 0 Å².